The van der Waals surface area contributed by atoms with E-state index in [4.69, 9.17) is 0 Å². The van der Waals surface area contributed by atoms with Crippen molar-refractivity contribution in [3.63, 3.8) is 0 Å². The second kappa shape index (κ2) is 8.00. The zero-order chi connectivity index (χ0) is 22.2. The average Bonchev–Trinajstić information content (AvgIpc) is 3.35. The summed E-state index contributed by atoms with van der Waals surface area (Å²) in [7, 11) is 0. The highest BCUT2D eigenvalue weighted by atomic mass is 19.1. The molecule has 5 aromatic rings. The third kappa shape index (κ3) is 3.77. The molecule has 0 spiro atoms. The Morgan fingerprint density at radius 2 is 1.81 bits per heavy atom. The lowest BCUT2D eigenvalue weighted by molar-refractivity contribution is 0.637. The molecule has 162 valence electrons. The lowest BCUT2D eigenvalue weighted by Gasteiger charge is -2.11. The Morgan fingerprint density at radius 3 is 2.69 bits per heavy atom. The van der Waals surface area contributed by atoms with Crippen LogP contribution in [0.3, 0.4) is 0 Å². The number of aryl methyl sites for hydroxylation is 3. The number of aromatic nitrogens is 4. The van der Waals surface area contributed by atoms with Gasteiger partial charge in [0, 0.05) is 46.5 Å². The molecule has 32 heavy (non-hydrogen) atoms. The number of hydrogen-bond acceptors (Lipinski definition) is 4. The van der Waals surface area contributed by atoms with Gasteiger partial charge in [-0.15, -0.1) is 0 Å². The molecule has 3 aromatic heterocycles. The van der Waals surface area contributed by atoms with Crippen LogP contribution < -0.4 is 10.6 Å². The van der Waals surface area contributed by atoms with Gasteiger partial charge < -0.3 is 20.6 Å². The van der Waals surface area contributed by atoms with Gasteiger partial charge in [0.1, 0.15) is 23.3 Å². The van der Waals surface area contributed by atoms with Crippen molar-refractivity contribution in [2.45, 2.75) is 27.2 Å². The summed E-state index contributed by atoms with van der Waals surface area (Å²) in [4.78, 5) is 15.4. The first-order valence-corrected chi connectivity index (χ1v) is 10.7. The van der Waals surface area contributed by atoms with Gasteiger partial charge in [-0.3, -0.25) is 0 Å². The van der Waals surface area contributed by atoms with Gasteiger partial charge >= 0.3 is 0 Å². The zero-order valence-electron chi connectivity index (χ0n) is 18.3. The molecule has 0 aliphatic carbocycles. The second-order valence-corrected chi connectivity index (χ2v) is 8.11. The topological polar surface area (TPSA) is 81.4 Å². The van der Waals surface area contributed by atoms with E-state index < -0.39 is 0 Å². The van der Waals surface area contributed by atoms with Crippen molar-refractivity contribution in [1.82, 2.24) is 19.9 Å². The molecule has 0 bridgehead atoms. The van der Waals surface area contributed by atoms with Crippen molar-refractivity contribution >= 4 is 39.1 Å². The molecule has 0 atom stereocenters. The summed E-state index contributed by atoms with van der Waals surface area (Å²) in [6.07, 6.45) is 2.68. The fourth-order valence-corrected chi connectivity index (χ4v) is 4.27. The number of halogens is 1. The van der Waals surface area contributed by atoms with Crippen molar-refractivity contribution in [2.24, 2.45) is 0 Å². The van der Waals surface area contributed by atoms with E-state index in [9.17, 15) is 4.39 Å². The molecular formula is C25H25FN6. The van der Waals surface area contributed by atoms with E-state index in [-0.39, 0.29) is 5.82 Å². The predicted molar refractivity (Wildman–Crippen MR) is 128 cm³/mol. The Morgan fingerprint density at radius 1 is 0.969 bits per heavy atom. The van der Waals surface area contributed by atoms with Crippen LogP contribution in [0, 0.1) is 26.6 Å². The van der Waals surface area contributed by atoms with Crippen molar-refractivity contribution in [3.8, 4) is 0 Å². The summed E-state index contributed by atoms with van der Waals surface area (Å²) in [6, 6.07) is 13.4. The Hall–Kier alpha value is -3.87. The summed E-state index contributed by atoms with van der Waals surface area (Å²) < 4.78 is 14.2. The molecular weight excluding hydrogens is 403 g/mol. The van der Waals surface area contributed by atoms with E-state index in [0.717, 1.165) is 56.9 Å². The van der Waals surface area contributed by atoms with Crippen molar-refractivity contribution in [2.75, 3.05) is 17.2 Å². The summed E-state index contributed by atoms with van der Waals surface area (Å²) in [5, 5.41) is 8.88. The maximum absolute atomic E-state index is 14.2. The summed E-state index contributed by atoms with van der Waals surface area (Å²) in [5.74, 6) is 1.95. The lowest BCUT2D eigenvalue weighted by Crippen LogP contribution is -2.09. The van der Waals surface area contributed by atoms with Gasteiger partial charge in [-0.2, -0.15) is 0 Å². The maximum atomic E-state index is 14.2. The Kier molecular flexibility index (Phi) is 5.01. The molecule has 0 radical (unpaired) electrons. The largest absolute Gasteiger partial charge is 0.370 e. The number of fused-ring (bicyclic) bond motifs is 2. The number of rotatable bonds is 6. The first-order chi connectivity index (χ1) is 15.5. The summed E-state index contributed by atoms with van der Waals surface area (Å²) in [5.41, 5.74) is 5.85. The van der Waals surface area contributed by atoms with Crippen molar-refractivity contribution in [3.05, 3.63) is 77.1 Å². The van der Waals surface area contributed by atoms with Crippen LogP contribution in [0.25, 0.3) is 21.8 Å². The molecule has 7 heteroatoms. The molecule has 4 N–H and O–H groups in total. The Balaban J connectivity index is 1.32. The number of hydrogen-bond donors (Lipinski definition) is 4. The van der Waals surface area contributed by atoms with Crippen LogP contribution in [0.4, 0.5) is 21.7 Å². The molecule has 5 rings (SSSR count). The van der Waals surface area contributed by atoms with Crippen molar-refractivity contribution < 1.29 is 4.39 Å². The average molecular weight is 429 g/mol. The molecule has 0 amide bonds. The number of H-pyrrole nitrogens is 2. The number of aromatic amines is 2. The van der Waals surface area contributed by atoms with Gasteiger partial charge in [0.25, 0.3) is 0 Å². The SMILES string of the molecule is Cc1nc(NCCc2c(C)[nH]c3c(F)ccc(C)c23)cc(Nc2ccc3[nH]ccc3c2)n1. The molecule has 6 nitrogen and oxygen atoms in total. The number of anilines is 3. The fourth-order valence-electron chi connectivity index (χ4n) is 4.27. The minimum Gasteiger partial charge on any atom is -0.370 e. The highest BCUT2D eigenvalue weighted by Crippen LogP contribution is 2.28. The normalized spacial score (nSPS) is 11.4. The van der Waals surface area contributed by atoms with E-state index in [1.54, 1.807) is 0 Å². The van der Waals surface area contributed by atoms with E-state index in [1.807, 2.05) is 57.3 Å². The van der Waals surface area contributed by atoms with Gasteiger partial charge in [-0.25, -0.2) is 14.4 Å². The third-order valence-electron chi connectivity index (χ3n) is 5.77. The van der Waals surface area contributed by atoms with E-state index in [1.165, 1.54) is 6.07 Å². The van der Waals surface area contributed by atoms with Gasteiger partial charge in [0.2, 0.25) is 0 Å². The van der Waals surface area contributed by atoms with Crippen LogP contribution >= 0.6 is 0 Å². The zero-order valence-corrected chi connectivity index (χ0v) is 18.3. The molecule has 3 heterocycles. The summed E-state index contributed by atoms with van der Waals surface area (Å²) in [6.45, 7) is 6.56. The fraction of sp³-hybridized carbons (Fsp3) is 0.200. The van der Waals surface area contributed by atoms with Crippen LogP contribution in [0.15, 0.2) is 48.7 Å². The molecule has 0 fully saturated rings. The minimum atomic E-state index is -0.215. The number of benzene rings is 2. The highest BCUT2D eigenvalue weighted by molar-refractivity contribution is 5.88. The van der Waals surface area contributed by atoms with Crippen molar-refractivity contribution in [1.29, 1.82) is 0 Å². The van der Waals surface area contributed by atoms with Crippen LogP contribution in [0.2, 0.25) is 0 Å². The second-order valence-electron chi connectivity index (χ2n) is 8.11. The number of nitrogens with zero attached hydrogens (tertiary/aromatic N) is 2. The lowest BCUT2D eigenvalue weighted by atomic mass is 10.0. The van der Waals surface area contributed by atoms with E-state index in [2.05, 4.69) is 36.6 Å². The van der Waals surface area contributed by atoms with E-state index >= 15 is 0 Å². The van der Waals surface area contributed by atoms with Gasteiger partial charge in [0.05, 0.1) is 5.52 Å². The monoisotopic (exact) mass is 428 g/mol. The maximum Gasteiger partial charge on any atom is 0.147 e. The molecule has 0 aliphatic rings. The van der Waals surface area contributed by atoms with Gasteiger partial charge in [-0.05, 0) is 68.7 Å². The molecule has 0 saturated carbocycles. The number of nitrogens with one attached hydrogen (secondary N) is 4. The van der Waals surface area contributed by atoms with Crippen LogP contribution in [0.5, 0.6) is 0 Å². The molecule has 0 aliphatic heterocycles. The van der Waals surface area contributed by atoms with Crippen LogP contribution in [0.1, 0.15) is 22.6 Å². The standard InChI is InChI=1S/C25H25FN6/c1-14-4-6-20(26)25-24(14)19(15(2)29-25)9-11-28-22-13-23(31-16(3)30-22)32-18-5-7-21-17(12-18)8-10-27-21/h4-8,10,12-13,27,29H,9,11H2,1-3H3,(H2,28,30,31,32). The first-order valence-electron chi connectivity index (χ1n) is 10.7. The predicted octanol–water partition coefficient (Wildman–Crippen LogP) is 5.90. The smallest absolute Gasteiger partial charge is 0.147 e. The minimum absolute atomic E-state index is 0.215. The highest BCUT2D eigenvalue weighted by Gasteiger charge is 2.14. The quantitative estimate of drug-likeness (QED) is 0.271. The Bertz CT molecular complexity index is 1430. The van der Waals surface area contributed by atoms with Crippen LogP contribution in [-0.2, 0) is 6.42 Å². The van der Waals surface area contributed by atoms with Gasteiger partial charge in [-0.1, -0.05) is 6.07 Å². The third-order valence-corrected chi connectivity index (χ3v) is 5.77. The van der Waals surface area contributed by atoms with Crippen LogP contribution in [-0.4, -0.2) is 26.5 Å². The first kappa shape index (κ1) is 20.1. The van der Waals surface area contributed by atoms with E-state index in [0.29, 0.717) is 17.9 Å². The summed E-state index contributed by atoms with van der Waals surface area (Å²) >= 11 is 0. The van der Waals surface area contributed by atoms with Gasteiger partial charge in [0.15, 0.2) is 0 Å². The molecule has 2 aromatic carbocycles. The molecule has 0 unspecified atom stereocenters. The molecule has 0 saturated heterocycles. The Labute approximate surface area is 185 Å².